The van der Waals surface area contributed by atoms with Gasteiger partial charge in [-0.1, -0.05) is 0 Å². The number of halogens is 3. The van der Waals surface area contributed by atoms with Gasteiger partial charge in [-0.15, -0.1) is 0 Å². The van der Waals surface area contributed by atoms with Gasteiger partial charge in [0.1, 0.15) is 11.6 Å². The molecule has 6 nitrogen and oxygen atoms in total. The van der Waals surface area contributed by atoms with Crippen LogP contribution in [-0.2, 0) is 19.0 Å². The lowest BCUT2D eigenvalue weighted by Crippen LogP contribution is -2.13. The van der Waals surface area contributed by atoms with Crippen LogP contribution < -0.4 is 16.6 Å². The molecule has 5 rings (SSSR count). The normalized spacial score (nSPS) is 14.2. The number of anilines is 2. The first-order valence-electron chi connectivity index (χ1n) is 11.4. The maximum Gasteiger partial charge on any atom is 0.416 e. The van der Waals surface area contributed by atoms with Crippen LogP contribution in [0.1, 0.15) is 47.5 Å². The van der Waals surface area contributed by atoms with Gasteiger partial charge in [0.05, 0.1) is 17.1 Å². The van der Waals surface area contributed by atoms with E-state index in [1.54, 1.807) is 26.1 Å². The third kappa shape index (κ3) is 4.34. The summed E-state index contributed by atoms with van der Waals surface area (Å²) >= 11 is 0. The number of fused-ring (bicyclic) bond motifs is 3. The van der Waals surface area contributed by atoms with Gasteiger partial charge in [0.2, 0.25) is 5.56 Å². The number of hydrogen-bond donors (Lipinski definition) is 3. The fraction of sp³-hybridized carbons (Fsp3) is 0.269. The molecule has 0 amide bonds. The molecule has 0 radical (unpaired) electrons. The first-order chi connectivity index (χ1) is 16.6. The Kier molecular flexibility index (Phi) is 5.50. The van der Waals surface area contributed by atoms with E-state index in [4.69, 9.17) is 10.7 Å². The topological polar surface area (TPSA) is 96.7 Å². The molecule has 180 valence electrons. The van der Waals surface area contributed by atoms with E-state index >= 15 is 0 Å². The molecule has 2 aromatic heterocycles. The predicted molar refractivity (Wildman–Crippen MR) is 130 cm³/mol. The molecule has 0 unspecified atom stereocenters. The molecule has 0 saturated carbocycles. The third-order valence-corrected chi connectivity index (χ3v) is 6.43. The van der Waals surface area contributed by atoms with Gasteiger partial charge in [0.15, 0.2) is 0 Å². The van der Waals surface area contributed by atoms with Crippen LogP contribution in [-0.4, -0.2) is 15.0 Å². The van der Waals surface area contributed by atoms with Crippen LogP contribution >= 0.6 is 0 Å². The summed E-state index contributed by atoms with van der Waals surface area (Å²) in [5, 5.41) is 4.08. The Morgan fingerprint density at radius 2 is 1.86 bits per heavy atom. The molecule has 1 atom stereocenters. The summed E-state index contributed by atoms with van der Waals surface area (Å²) in [7, 11) is 0. The van der Waals surface area contributed by atoms with Crippen LogP contribution in [0.5, 0.6) is 0 Å². The summed E-state index contributed by atoms with van der Waals surface area (Å²) in [4.78, 5) is 23.6. The summed E-state index contributed by atoms with van der Waals surface area (Å²) in [5.74, 6) is 1.11. The highest BCUT2D eigenvalue weighted by molar-refractivity contribution is 5.97. The zero-order chi connectivity index (χ0) is 24.9. The van der Waals surface area contributed by atoms with E-state index in [0.717, 1.165) is 59.0 Å². The molecule has 0 spiro atoms. The van der Waals surface area contributed by atoms with Crippen molar-refractivity contribution in [3.63, 3.8) is 0 Å². The first-order valence-corrected chi connectivity index (χ1v) is 11.4. The van der Waals surface area contributed by atoms with Crippen LogP contribution in [0.15, 0.2) is 47.4 Å². The van der Waals surface area contributed by atoms with E-state index < -0.39 is 17.8 Å². The predicted octanol–water partition coefficient (Wildman–Crippen LogP) is 5.56. The first kappa shape index (κ1) is 22.9. The fourth-order valence-electron chi connectivity index (χ4n) is 4.81. The van der Waals surface area contributed by atoms with Crippen molar-refractivity contribution in [2.24, 2.45) is 0 Å². The van der Waals surface area contributed by atoms with Gasteiger partial charge in [-0.3, -0.25) is 4.79 Å². The molecule has 4 N–H and O–H groups in total. The summed E-state index contributed by atoms with van der Waals surface area (Å²) < 4.78 is 40.0. The zero-order valence-corrected chi connectivity index (χ0v) is 19.3. The van der Waals surface area contributed by atoms with E-state index in [-0.39, 0.29) is 11.2 Å². The van der Waals surface area contributed by atoms with E-state index in [9.17, 15) is 18.0 Å². The van der Waals surface area contributed by atoms with Gasteiger partial charge in [-0.2, -0.15) is 13.2 Å². The largest absolute Gasteiger partial charge is 0.416 e. The molecule has 1 aliphatic rings. The van der Waals surface area contributed by atoms with E-state index in [1.807, 2.05) is 6.07 Å². The third-order valence-electron chi connectivity index (χ3n) is 6.43. The van der Waals surface area contributed by atoms with Crippen molar-refractivity contribution >= 4 is 22.4 Å². The minimum absolute atomic E-state index is 0.0466. The smallest absolute Gasteiger partial charge is 0.399 e. The number of aromatic amines is 1. The minimum atomic E-state index is -4.49. The molecule has 9 heteroatoms. The number of nitrogens with one attached hydrogen (secondary N) is 2. The highest BCUT2D eigenvalue weighted by Gasteiger charge is 2.31. The SMILES string of the molecule is Cc1nc(N[C@H](C)c2cc(N)cc(C(F)(F)F)c2)c2cc(-c3ccc(=O)[nH]c3)c3c(c2n1)CCC3. The van der Waals surface area contributed by atoms with Crippen LogP contribution in [0, 0.1) is 6.92 Å². The highest BCUT2D eigenvalue weighted by atomic mass is 19.4. The van der Waals surface area contributed by atoms with Crippen LogP contribution in [0.4, 0.5) is 24.7 Å². The lowest BCUT2D eigenvalue weighted by molar-refractivity contribution is -0.137. The van der Waals surface area contributed by atoms with Gasteiger partial charge < -0.3 is 16.0 Å². The molecule has 35 heavy (non-hydrogen) atoms. The van der Waals surface area contributed by atoms with Gasteiger partial charge in [-0.25, -0.2) is 9.97 Å². The van der Waals surface area contributed by atoms with E-state index in [1.165, 1.54) is 17.7 Å². The van der Waals surface area contributed by atoms with Crippen molar-refractivity contribution in [2.75, 3.05) is 11.1 Å². The Bertz CT molecular complexity index is 1490. The molecule has 0 aliphatic heterocycles. The van der Waals surface area contributed by atoms with E-state index in [2.05, 4.69) is 15.3 Å². The van der Waals surface area contributed by atoms with Crippen molar-refractivity contribution in [1.82, 2.24) is 15.0 Å². The standard InChI is InChI=1S/C26H24F3N5O/c1-13(16-8-17(26(27,28)29)10-18(30)9-16)32-25-22-11-21(15-6-7-23(35)31-12-15)19-4-3-5-20(19)24(22)33-14(2)34-25/h6-13H,3-5,30H2,1-2H3,(H,31,35)(H,32,33,34)/t13-/m1/s1. The Morgan fingerprint density at radius 1 is 1.09 bits per heavy atom. The number of pyridine rings is 1. The average Bonchev–Trinajstić information content (AvgIpc) is 3.29. The van der Waals surface area contributed by atoms with Crippen LogP contribution in [0.2, 0.25) is 0 Å². The average molecular weight is 480 g/mol. The second-order valence-corrected chi connectivity index (χ2v) is 8.94. The molecule has 0 bridgehead atoms. The number of rotatable bonds is 4. The van der Waals surface area contributed by atoms with Gasteiger partial charge in [-0.05, 0) is 91.3 Å². The van der Waals surface area contributed by atoms with Crippen LogP contribution in [0.25, 0.3) is 22.0 Å². The molecular weight excluding hydrogens is 455 g/mol. The monoisotopic (exact) mass is 479 g/mol. The van der Waals surface area contributed by atoms with Gasteiger partial charge in [0, 0.05) is 23.3 Å². The zero-order valence-electron chi connectivity index (χ0n) is 19.3. The number of H-pyrrole nitrogens is 1. The number of nitrogens with two attached hydrogens (primary N) is 1. The second-order valence-electron chi connectivity index (χ2n) is 8.94. The lowest BCUT2D eigenvalue weighted by atomic mass is 9.94. The molecule has 1 aliphatic carbocycles. The lowest BCUT2D eigenvalue weighted by Gasteiger charge is -2.20. The number of aromatic nitrogens is 3. The minimum Gasteiger partial charge on any atom is -0.399 e. The summed E-state index contributed by atoms with van der Waals surface area (Å²) in [5.41, 5.74) is 10.3. The molecule has 4 aromatic rings. The van der Waals surface area contributed by atoms with Crippen molar-refractivity contribution in [1.29, 1.82) is 0 Å². The number of aryl methyl sites for hydroxylation is 2. The summed E-state index contributed by atoms with van der Waals surface area (Å²) in [6.45, 7) is 3.57. The molecule has 0 saturated heterocycles. The van der Waals surface area contributed by atoms with Crippen LogP contribution in [0.3, 0.4) is 0 Å². The van der Waals surface area contributed by atoms with Crippen molar-refractivity contribution < 1.29 is 13.2 Å². The van der Waals surface area contributed by atoms with Crippen molar-refractivity contribution in [2.45, 2.75) is 45.3 Å². The van der Waals surface area contributed by atoms with Crippen molar-refractivity contribution in [3.05, 3.63) is 81.0 Å². The number of nitrogens with zero attached hydrogens (tertiary/aromatic N) is 2. The number of nitrogen functional groups attached to an aromatic ring is 1. The maximum absolute atomic E-state index is 13.3. The number of alkyl halides is 3. The maximum atomic E-state index is 13.3. The summed E-state index contributed by atoms with van der Waals surface area (Å²) in [6.07, 6.45) is -0.0208. The Labute approximate surface area is 199 Å². The fourth-order valence-corrected chi connectivity index (χ4v) is 4.81. The van der Waals surface area contributed by atoms with Gasteiger partial charge >= 0.3 is 6.18 Å². The van der Waals surface area contributed by atoms with Crippen molar-refractivity contribution in [3.8, 4) is 11.1 Å². The number of benzene rings is 2. The second kappa shape index (κ2) is 8.41. The summed E-state index contributed by atoms with van der Waals surface area (Å²) in [6, 6.07) is 8.35. The Morgan fingerprint density at radius 3 is 2.57 bits per heavy atom. The Balaban J connectivity index is 1.63. The van der Waals surface area contributed by atoms with E-state index in [0.29, 0.717) is 17.2 Å². The Hall–Kier alpha value is -3.88. The quantitative estimate of drug-likeness (QED) is 0.333. The molecule has 2 aromatic carbocycles. The molecule has 0 fully saturated rings. The molecular formula is C26H24F3N5O. The molecule has 2 heterocycles. The number of hydrogen-bond acceptors (Lipinski definition) is 5. The highest BCUT2D eigenvalue weighted by Crippen LogP contribution is 2.40. The van der Waals surface area contributed by atoms with Gasteiger partial charge in [0.25, 0.3) is 0 Å².